The molecule has 2 amide bonds. The predicted molar refractivity (Wildman–Crippen MR) is 83.1 cm³/mol. The lowest BCUT2D eigenvalue weighted by Crippen LogP contribution is -2.41. The largest absolute Gasteiger partial charge is 0.494 e. The monoisotopic (exact) mass is 320 g/mol. The van der Waals surface area contributed by atoms with Crippen molar-refractivity contribution in [1.82, 2.24) is 5.32 Å². The highest BCUT2D eigenvalue weighted by Crippen LogP contribution is 2.25. The molecule has 1 fully saturated rings. The molecule has 1 aliphatic heterocycles. The van der Waals surface area contributed by atoms with Gasteiger partial charge in [-0.15, -0.1) is 0 Å². The molecule has 1 aromatic rings. The molecule has 1 aliphatic rings. The van der Waals surface area contributed by atoms with Gasteiger partial charge in [-0.25, -0.2) is 4.90 Å². The summed E-state index contributed by atoms with van der Waals surface area (Å²) in [5, 5.41) is 2.74. The Balaban J connectivity index is 2.03. The first-order chi connectivity index (χ1) is 11.1. The number of hydrogen-bond acceptors (Lipinski definition) is 6. The van der Waals surface area contributed by atoms with E-state index in [0.29, 0.717) is 18.0 Å². The lowest BCUT2D eigenvalue weighted by Gasteiger charge is -2.16. The topological polar surface area (TPSA) is 84.9 Å². The van der Waals surface area contributed by atoms with E-state index in [1.807, 2.05) is 6.92 Å². The number of benzene rings is 1. The van der Waals surface area contributed by atoms with E-state index in [4.69, 9.17) is 4.74 Å². The molecule has 1 aromatic carbocycles. The molecular weight excluding hydrogens is 300 g/mol. The van der Waals surface area contributed by atoms with E-state index < -0.39 is 12.0 Å². The van der Waals surface area contributed by atoms with Gasteiger partial charge in [0.2, 0.25) is 5.91 Å². The van der Waals surface area contributed by atoms with E-state index in [9.17, 15) is 14.4 Å². The van der Waals surface area contributed by atoms with Crippen molar-refractivity contribution in [3.8, 4) is 5.75 Å². The summed E-state index contributed by atoms with van der Waals surface area (Å²) >= 11 is 0. The SMILES string of the molecule is CCCOc1ccc(N2C(=O)C[C@@H](NCC(=O)OC)C2=O)cc1. The third-order valence-corrected chi connectivity index (χ3v) is 3.43. The number of nitrogens with zero attached hydrogens (tertiary/aromatic N) is 1. The van der Waals surface area contributed by atoms with Gasteiger partial charge in [-0.05, 0) is 30.7 Å². The number of carbonyl (C=O) groups is 3. The molecule has 0 saturated carbocycles. The second-order valence-corrected chi connectivity index (χ2v) is 5.12. The van der Waals surface area contributed by atoms with Gasteiger partial charge in [0.05, 0.1) is 38.4 Å². The minimum absolute atomic E-state index is 0.0178. The number of anilines is 1. The molecule has 1 atom stereocenters. The fraction of sp³-hybridized carbons (Fsp3) is 0.438. The summed E-state index contributed by atoms with van der Waals surface area (Å²) in [6.07, 6.45) is 0.919. The highest BCUT2D eigenvalue weighted by atomic mass is 16.5. The predicted octanol–water partition coefficient (Wildman–Crippen LogP) is 0.870. The van der Waals surface area contributed by atoms with Crippen LogP contribution in [0.25, 0.3) is 0 Å². The van der Waals surface area contributed by atoms with Crippen LogP contribution in [0.3, 0.4) is 0 Å². The minimum atomic E-state index is -0.711. The maximum atomic E-state index is 12.3. The summed E-state index contributed by atoms with van der Waals surface area (Å²) in [6, 6.07) is 6.08. The van der Waals surface area contributed by atoms with Gasteiger partial charge < -0.3 is 9.47 Å². The Morgan fingerprint density at radius 3 is 2.61 bits per heavy atom. The maximum Gasteiger partial charge on any atom is 0.319 e. The van der Waals surface area contributed by atoms with Crippen LogP contribution in [0.2, 0.25) is 0 Å². The summed E-state index contributed by atoms with van der Waals surface area (Å²) in [4.78, 5) is 36.7. The summed E-state index contributed by atoms with van der Waals surface area (Å²) in [6.45, 7) is 2.51. The molecule has 1 N–H and O–H groups in total. The molecule has 2 rings (SSSR count). The Bertz CT molecular complexity index is 585. The van der Waals surface area contributed by atoms with Crippen LogP contribution in [-0.4, -0.2) is 44.1 Å². The number of amides is 2. The van der Waals surface area contributed by atoms with Crippen LogP contribution in [0, 0.1) is 0 Å². The van der Waals surface area contributed by atoms with Crippen molar-refractivity contribution in [3.05, 3.63) is 24.3 Å². The van der Waals surface area contributed by atoms with E-state index in [2.05, 4.69) is 10.1 Å². The molecule has 23 heavy (non-hydrogen) atoms. The van der Waals surface area contributed by atoms with Crippen LogP contribution in [0.1, 0.15) is 19.8 Å². The Kier molecular flexibility index (Phi) is 5.70. The summed E-state index contributed by atoms with van der Waals surface area (Å²) < 4.78 is 9.98. The molecule has 0 bridgehead atoms. The van der Waals surface area contributed by atoms with Crippen molar-refractivity contribution in [2.75, 3.05) is 25.2 Å². The van der Waals surface area contributed by atoms with Gasteiger partial charge in [0.1, 0.15) is 5.75 Å². The first-order valence-corrected chi connectivity index (χ1v) is 7.46. The lowest BCUT2D eigenvalue weighted by molar-refractivity contribution is -0.139. The van der Waals surface area contributed by atoms with Crippen LogP contribution in [0.4, 0.5) is 5.69 Å². The van der Waals surface area contributed by atoms with E-state index in [1.54, 1.807) is 24.3 Å². The van der Waals surface area contributed by atoms with Gasteiger partial charge in [-0.3, -0.25) is 19.7 Å². The Labute approximate surface area is 134 Å². The van der Waals surface area contributed by atoms with E-state index >= 15 is 0 Å². The van der Waals surface area contributed by atoms with Crippen LogP contribution in [0.15, 0.2) is 24.3 Å². The molecule has 0 unspecified atom stereocenters. The fourth-order valence-corrected chi connectivity index (χ4v) is 2.25. The van der Waals surface area contributed by atoms with Gasteiger partial charge >= 0.3 is 5.97 Å². The number of carbonyl (C=O) groups excluding carboxylic acids is 3. The molecule has 124 valence electrons. The number of methoxy groups -OCH3 is 1. The summed E-state index contributed by atoms with van der Waals surface area (Å²) in [5.41, 5.74) is 0.492. The van der Waals surface area contributed by atoms with Crippen LogP contribution >= 0.6 is 0 Å². The normalized spacial score (nSPS) is 17.5. The van der Waals surface area contributed by atoms with Gasteiger partial charge in [-0.2, -0.15) is 0 Å². The van der Waals surface area contributed by atoms with E-state index in [0.717, 1.165) is 11.3 Å². The molecule has 1 saturated heterocycles. The highest BCUT2D eigenvalue weighted by molar-refractivity contribution is 6.22. The van der Waals surface area contributed by atoms with E-state index in [1.165, 1.54) is 7.11 Å². The van der Waals surface area contributed by atoms with Crippen molar-refractivity contribution in [3.63, 3.8) is 0 Å². The lowest BCUT2D eigenvalue weighted by atomic mass is 10.2. The number of hydrogen-bond donors (Lipinski definition) is 1. The Morgan fingerprint density at radius 2 is 2.00 bits per heavy atom. The number of rotatable bonds is 7. The van der Waals surface area contributed by atoms with E-state index in [-0.39, 0.29) is 24.8 Å². The fourth-order valence-electron chi connectivity index (χ4n) is 2.25. The Hall–Kier alpha value is -2.41. The first-order valence-electron chi connectivity index (χ1n) is 7.46. The number of esters is 1. The standard InChI is InChI=1S/C16H20N2O5/c1-3-8-23-12-6-4-11(5-7-12)18-14(19)9-13(16(18)21)17-10-15(20)22-2/h4-7,13,17H,3,8-10H2,1-2H3/t13-/m1/s1. The molecule has 7 nitrogen and oxygen atoms in total. The zero-order chi connectivity index (χ0) is 16.8. The van der Waals surface area contributed by atoms with Crippen LogP contribution in [0.5, 0.6) is 5.75 Å². The van der Waals surface area contributed by atoms with Gasteiger partial charge in [0.25, 0.3) is 5.91 Å². The van der Waals surface area contributed by atoms with Crippen LogP contribution in [-0.2, 0) is 19.1 Å². The second kappa shape index (κ2) is 7.73. The van der Waals surface area contributed by atoms with Gasteiger partial charge in [0.15, 0.2) is 0 Å². The molecule has 0 aliphatic carbocycles. The van der Waals surface area contributed by atoms with Gasteiger partial charge in [-0.1, -0.05) is 6.92 Å². The van der Waals surface area contributed by atoms with Crippen LogP contribution < -0.4 is 15.0 Å². The molecule has 0 radical (unpaired) electrons. The van der Waals surface area contributed by atoms with Crippen molar-refractivity contribution in [2.45, 2.75) is 25.8 Å². The molecular formula is C16H20N2O5. The quantitative estimate of drug-likeness (QED) is 0.593. The Morgan fingerprint density at radius 1 is 1.30 bits per heavy atom. The molecule has 7 heteroatoms. The average molecular weight is 320 g/mol. The second-order valence-electron chi connectivity index (χ2n) is 5.12. The van der Waals surface area contributed by atoms with Crippen molar-refractivity contribution < 1.29 is 23.9 Å². The minimum Gasteiger partial charge on any atom is -0.494 e. The number of imide groups is 1. The third kappa shape index (κ3) is 4.07. The van der Waals surface area contributed by atoms with Crippen molar-refractivity contribution >= 4 is 23.5 Å². The zero-order valence-electron chi connectivity index (χ0n) is 13.2. The smallest absolute Gasteiger partial charge is 0.319 e. The van der Waals surface area contributed by atoms with Gasteiger partial charge in [0, 0.05) is 0 Å². The maximum absolute atomic E-state index is 12.3. The molecule has 0 spiro atoms. The van der Waals surface area contributed by atoms with Crippen molar-refractivity contribution in [2.24, 2.45) is 0 Å². The number of nitrogens with one attached hydrogen (secondary N) is 1. The zero-order valence-corrected chi connectivity index (χ0v) is 13.2. The summed E-state index contributed by atoms with van der Waals surface area (Å²) in [7, 11) is 1.26. The van der Waals surface area contributed by atoms with Crippen molar-refractivity contribution in [1.29, 1.82) is 0 Å². The highest BCUT2D eigenvalue weighted by Gasteiger charge is 2.39. The third-order valence-electron chi connectivity index (χ3n) is 3.43. The average Bonchev–Trinajstić information content (AvgIpc) is 2.85. The molecule has 1 heterocycles. The first kappa shape index (κ1) is 17.0. The molecule has 0 aromatic heterocycles. The number of ether oxygens (including phenoxy) is 2. The summed E-state index contributed by atoms with van der Waals surface area (Å²) in [5.74, 6) is -0.475.